The summed E-state index contributed by atoms with van der Waals surface area (Å²) in [4.78, 5) is 12.3. The maximum absolute atomic E-state index is 12.1. The molecule has 0 aliphatic rings. The molecule has 0 saturated carbocycles. The van der Waals surface area contributed by atoms with Gasteiger partial charge in [-0.1, -0.05) is 11.6 Å². The van der Waals surface area contributed by atoms with Gasteiger partial charge in [0, 0.05) is 31.4 Å². The van der Waals surface area contributed by atoms with Crippen LogP contribution in [0.5, 0.6) is 5.75 Å². The summed E-state index contributed by atoms with van der Waals surface area (Å²) in [5.41, 5.74) is 2.37. The van der Waals surface area contributed by atoms with Crippen molar-refractivity contribution in [2.24, 2.45) is 0 Å². The van der Waals surface area contributed by atoms with E-state index in [-0.39, 0.29) is 10.8 Å². The minimum Gasteiger partial charge on any atom is -0.496 e. The van der Waals surface area contributed by atoms with Crippen LogP contribution in [0.1, 0.15) is 11.1 Å². The van der Waals surface area contributed by atoms with Gasteiger partial charge in [0.05, 0.1) is 12.0 Å². The molecule has 1 N–H and O–H groups in total. The zero-order valence-corrected chi connectivity index (χ0v) is 16.0. The molecular weight excluding hydrogens is 352 g/mol. The number of rotatable bonds is 6. The van der Waals surface area contributed by atoms with Crippen LogP contribution < -0.4 is 10.1 Å². The first-order valence-corrected chi connectivity index (χ1v) is 9.34. The third-order valence-electron chi connectivity index (χ3n) is 3.70. The van der Waals surface area contributed by atoms with Crippen molar-refractivity contribution in [1.82, 2.24) is 4.31 Å². The molecule has 0 aromatic heterocycles. The van der Waals surface area contributed by atoms with Crippen molar-refractivity contribution in [3.05, 3.63) is 59.7 Å². The van der Waals surface area contributed by atoms with Crippen molar-refractivity contribution in [1.29, 1.82) is 0 Å². The van der Waals surface area contributed by atoms with E-state index >= 15 is 0 Å². The lowest BCUT2D eigenvalue weighted by Gasteiger charge is -2.11. The Morgan fingerprint density at radius 2 is 1.77 bits per heavy atom. The van der Waals surface area contributed by atoms with Crippen molar-refractivity contribution >= 4 is 27.7 Å². The van der Waals surface area contributed by atoms with Gasteiger partial charge in [0.1, 0.15) is 5.75 Å². The number of anilines is 1. The second kappa shape index (κ2) is 8.16. The average Bonchev–Trinajstić information content (AvgIpc) is 2.60. The van der Waals surface area contributed by atoms with E-state index in [0.717, 1.165) is 15.4 Å². The molecule has 7 heteroatoms. The first-order valence-electron chi connectivity index (χ1n) is 7.90. The van der Waals surface area contributed by atoms with Crippen molar-refractivity contribution in [2.45, 2.75) is 11.8 Å². The largest absolute Gasteiger partial charge is 0.496 e. The Balaban J connectivity index is 2.10. The van der Waals surface area contributed by atoms with Crippen LogP contribution in [0.4, 0.5) is 5.69 Å². The number of aryl methyl sites for hydroxylation is 1. The first kappa shape index (κ1) is 19.7. The Labute approximate surface area is 154 Å². The first-order chi connectivity index (χ1) is 12.2. The zero-order valence-electron chi connectivity index (χ0n) is 15.2. The predicted octanol–water partition coefficient (Wildman–Crippen LogP) is 2.91. The topological polar surface area (TPSA) is 75.7 Å². The van der Waals surface area contributed by atoms with Crippen LogP contribution in [0.3, 0.4) is 0 Å². The maximum Gasteiger partial charge on any atom is 0.248 e. The zero-order chi connectivity index (χ0) is 19.3. The number of carbonyl (C=O) groups is 1. The Hall–Kier alpha value is -2.64. The van der Waals surface area contributed by atoms with Gasteiger partial charge in [0.15, 0.2) is 0 Å². The number of hydrogen-bond acceptors (Lipinski definition) is 4. The van der Waals surface area contributed by atoms with Gasteiger partial charge < -0.3 is 10.1 Å². The fraction of sp³-hybridized carbons (Fsp3) is 0.211. The Kier molecular flexibility index (Phi) is 6.18. The maximum atomic E-state index is 12.1. The van der Waals surface area contributed by atoms with E-state index in [1.54, 1.807) is 25.3 Å². The lowest BCUT2D eigenvalue weighted by molar-refractivity contribution is -0.111. The van der Waals surface area contributed by atoms with E-state index < -0.39 is 10.0 Å². The number of amides is 1. The van der Waals surface area contributed by atoms with E-state index in [2.05, 4.69) is 5.32 Å². The molecule has 0 atom stereocenters. The standard InChI is InChI=1S/C19H22N2O4S/c1-14-5-11-18(25-4)15(13-14)6-12-19(22)20-16-7-9-17(10-8-16)26(23,24)21(2)3/h5-13H,1-4H3,(H,20,22)/b12-6+. The quantitative estimate of drug-likeness (QED) is 0.789. The number of nitrogens with zero attached hydrogens (tertiary/aromatic N) is 1. The Morgan fingerprint density at radius 3 is 2.35 bits per heavy atom. The molecule has 0 fully saturated rings. The molecule has 0 heterocycles. The van der Waals surface area contributed by atoms with Gasteiger partial charge in [0.25, 0.3) is 0 Å². The third-order valence-corrected chi connectivity index (χ3v) is 5.53. The van der Waals surface area contributed by atoms with Gasteiger partial charge in [-0.15, -0.1) is 0 Å². The molecule has 0 spiro atoms. The highest BCUT2D eigenvalue weighted by Crippen LogP contribution is 2.21. The van der Waals surface area contributed by atoms with Crippen LogP contribution in [-0.4, -0.2) is 39.8 Å². The molecule has 0 radical (unpaired) electrons. The van der Waals surface area contributed by atoms with Gasteiger partial charge in [-0.3, -0.25) is 4.79 Å². The summed E-state index contributed by atoms with van der Waals surface area (Å²) in [6.07, 6.45) is 3.08. The number of nitrogens with one attached hydrogen (secondary N) is 1. The van der Waals surface area contributed by atoms with Crippen LogP contribution in [-0.2, 0) is 14.8 Å². The van der Waals surface area contributed by atoms with E-state index in [9.17, 15) is 13.2 Å². The molecule has 1 amide bonds. The van der Waals surface area contributed by atoms with E-state index in [4.69, 9.17) is 4.74 Å². The molecular formula is C19H22N2O4S. The van der Waals surface area contributed by atoms with Crippen LogP contribution in [0, 0.1) is 6.92 Å². The molecule has 2 aromatic carbocycles. The molecule has 138 valence electrons. The molecule has 26 heavy (non-hydrogen) atoms. The highest BCUT2D eigenvalue weighted by atomic mass is 32.2. The molecule has 2 aromatic rings. The van der Waals surface area contributed by atoms with Gasteiger partial charge in [0.2, 0.25) is 15.9 Å². The van der Waals surface area contributed by atoms with Crippen LogP contribution in [0.25, 0.3) is 6.08 Å². The van der Waals surface area contributed by atoms with Gasteiger partial charge in [-0.05, 0) is 49.4 Å². The van der Waals surface area contributed by atoms with Crippen LogP contribution in [0.2, 0.25) is 0 Å². The minimum absolute atomic E-state index is 0.167. The van der Waals surface area contributed by atoms with Crippen molar-refractivity contribution < 1.29 is 17.9 Å². The van der Waals surface area contributed by atoms with E-state index in [1.807, 2.05) is 25.1 Å². The summed E-state index contributed by atoms with van der Waals surface area (Å²) in [7, 11) is 1.02. The lowest BCUT2D eigenvalue weighted by atomic mass is 10.1. The van der Waals surface area contributed by atoms with Gasteiger partial charge in [-0.2, -0.15) is 0 Å². The lowest BCUT2D eigenvalue weighted by Crippen LogP contribution is -2.22. The van der Waals surface area contributed by atoms with Crippen molar-refractivity contribution in [2.75, 3.05) is 26.5 Å². The minimum atomic E-state index is -3.49. The van der Waals surface area contributed by atoms with Gasteiger partial charge in [-0.25, -0.2) is 12.7 Å². The number of methoxy groups -OCH3 is 1. The highest BCUT2D eigenvalue weighted by molar-refractivity contribution is 7.89. The number of hydrogen-bond donors (Lipinski definition) is 1. The molecule has 6 nitrogen and oxygen atoms in total. The fourth-order valence-electron chi connectivity index (χ4n) is 2.25. The molecule has 2 rings (SSSR count). The van der Waals surface area contributed by atoms with E-state index in [1.165, 1.54) is 32.3 Å². The SMILES string of the molecule is COc1ccc(C)cc1/C=C/C(=O)Nc1ccc(S(=O)(=O)N(C)C)cc1. The normalized spacial score (nSPS) is 11.7. The monoisotopic (exact) mass is 374 g/mol. The Bertz CT molecular complexity index is 917. The smallest absolute Gasteiger partial charge is 0.248 e. The fourth-order valence-corrected chi connectivity index (χ4v) is 3.16. The van der Waals surface area contributed by atoms with Gasteiger partial charge >= 0.3 is 0 Å². The number of sulfonamides is 1. The average molecular weight is 374 g/mol. The van der Waals surface area contributed by atoms with Crippen LogP contribution in [0.15, 0.2) is 53.4 Å². The van der Waals surface area contributed by atoms with E-state index in [0.29, 0.717) is 11.4 Å². The number of carbonyl (C=O) groups excluding carboxylic acids is 1. The van der Waals surface area contributed by atoms with Crippen molar-refractivity contribution in [3.8, 4) is 5.75 Å². The molecule has 0 unspecified atom stereocenters. The second-order valence-electron chi connectivity index (χ2n) is 5.88. The molecule has 0 aliphatic carbocycles. The third kappa shape index (κ3) is 4.71. The molecule has 0 aliphatic heterocycles. The highest BCUT2D eigenvalue weighted by Gasteiger charge is 2.16. The summed E-state index contributed by atoms with van der Waals surface area (Å²) in [5.74, 6) is 0.356. The predicted molar refractivity (Wildman–Crippen MR) is 103 cm³/mol. The molecule has 0 bridgehead atoms. The summed E-state index contributed by atoms with van der Waals surface area (Å²) >= 11 is 0. The van der Waals surface area contributed by atoms with Crippen molar-refractivity contribution in [3.63, 3.8) is 0 Å². The second-order valence-corrected chi connectivity index (χ2v) is 8.03. The summed E-state index contributed by atoms with van der Waals surface area (Å²) in [6.45, 7) is 1.96. The Morgan fingerprint density at radius 1 is 1.12 bits per heavy atom. The summed E-state index contributed by atoms with van der Waals surface area (Å²) in [6, 6.07) is 11.7. The number of ether oxygens (including phenoxy) is 1. The summed E-state index contributed by atoms with van der Waals surface area (Å²) in [5, 5.41) is 2.70. The molecule has 0 saturated heterocycles. The summed E-state index contributed by atoms with van der Waals surface area (Å²) < 4.78 is 30.5. The van der Waals surface area contributed by atoms with Crippen LogP contribution >= 0.6 is 0 Å². The number of benzene rings is 2.